The van der Waals surface area contributed by atoms with Crippen molar-refractivity contribution in [2.24, 2.45) is 11.7 Å². The Morgan fingerprint density at radius 3 is 2.35 bits per heavy atom. The minimum absolute atomic E-state index is 0.0198. The largest absolute Gasteiger partial charge is 0.399 e. The zero-order chi connectivity index (χ0) is 15.7. The molecule has 1 rings (SSSR count). The highest BCUT2D eigenvalue weighted by Gasteiger charge is 2.28. The lowest BCUT2D eigenvalue weighted by Gasteiger charge is -2.20. The van der Waals surface area contributed by atoms with Crippen LogP contribution in [0.15, 0.2) is 17.0 Å². The molecule has 0 aliphatic rings. The number of anilines is 1. The van der Waals surface area contributed by atoms with Gasteiger partial charge >= 0.3 is 0 Å². The molecule has 5 N–H and O–H groups in total. The summed E-state index contributed by atoms with van der Waals surface area (Å²) in [5.74, 6) is -1.87. The summed E-state index contributed by atoms with van der Waals surface area (Å²) in [5.41, 5.74) is 10.5. The van der Waals surface area contributed by atoms with Crippen molar-refractivity contribution in [3.63, 3.8) is 0 Å². The summed E-state index contributed by atoms with van der Waals surface area (Å²) in [5, 5.41) is 0. The molecule has 1 unspecified atom stereocenters. The van der Waals surface area contributed by atoms with Gasteiger partial charge < -0.3 is 11.5 Å². The summed E-state index contributed by atoms with van der Waals surface area (Å²) in [6.07, 6.45) is 0. The van der Waals surface area contributed by atoms with Crippen LogP contribution in [0, 0.1) is 18.7 Å². The molecule has 0 bridgehead atoms. The molecule has 0 aliphatic heterocycles. The fraction of sp³-hybridized carbons (Fsp3) is 0.417. The van der Waals surface area contributed by atoms with Gasteiger partial charge in [-0.05, 0) is 25.0 Å². The van der Waals surface area contributed by atoms with Crippen LogP contribution in [0.5, 0.6) is 0 Å². The second kappa shape index (κ2) is 5.76. The van der Waals surface area contributed by atoms with Crippen molar-refractivity contribution in [2.45, 2.75) is 31.7 Å². The van der Waals surface area contributed by atoms with E-state index in [0.717, 1.165) is 12.1 Å². The predicted molar refractivity (Wildman–Crippen MR) is 73.7 cm³/mol. The van der Waals surface area contributed by atoms with E-state index >= 15 is 0 Å². The molecule has 0 saturated carbocycles. The molecule has 0 aliphatic carbocycles. The van der Waals surface area contributed by atoms with E-state index in [1.165, 1.54) is 6.92 Å². The number of sulfonamides is 1. The van der Waals surface area contributed by atoms with Crippen molar-refractivity contribution in [1.29, 1.82) is 0 Å². The van der Waals surface area contributed by atoms with E-state index in [2.05, 4.69) is 4.72 Å². The van der Waals surface area contributed by atoms with Crippen LogP contribution in [0.25, 0.3) is 0 Å². The molecule has 1 atom stereocenters. The van der Waals surface area contributed by atoms with Crippen LogP contribution < -0.4 is 16.2 Å². The molecule has 112 valence electrons. The second-order valence-corrected chi connectivity index (χ2v) is 6.55. The smallest absolute Gasteiger partial charge is 0.241 e. The number of nitrogens with one attached hydrogen (secondary N) is 1. The minimum Gasteiger partial charge on any atom is -0.399 e. The first-order valence-electron chi connectivity index (χ1n) is 5.93. The monoisotopic (exact) mass is 303 g/mol. The van der Waals surface area contributed by atoms with Gasteiger partial charge in [-0.2, -0.15) is 4.72 Å². The van der Waals surface area contributed by atoms with E-state index in [1.807, 2.05) is 0 Å². The van der Waals surface area contributed by atoms with Gasteiger partial charge in [0.15, 0.2) is 0 Å². The third kappa shape index (κ3) is 3.45. The second-order valence-electron chi connectivity index (χ2n) is 4.87. The number of amides is 1. The Balaban J connectivity index is 3.27. The Labute approximate surface area is 117 Å². The quantitative estimate of drug-likeness (QED) is 0.687. The molecule has 0 heterocycles. The van der Waals surface area contributed by atoms with Crippen LogP contribution in [0.2, 0.25) is 0 Å². The number of nitrogens with two attached hydrogens (primary N) is 2. The highest BCUT2D eigenvalue weighted by molar-refractivity contribution is 7.89. The summed E-state index contributed by atoms with van der Waals surface area (Å²) in [6.45, 7) is 4.60. The number of hydrogen-bond donors (Lipinski definition) is 3. The van der Waals surface area contributed by atoms with Gasteiger partial charge in [0.1, 0.15) is 11.9 Å². The number of hydrogen-bond acceptors (Lipinski definition) is 4. The summed E-state index contributed by atoms with van der Waals surface area (Å²) >= 11 is 0. The van der Waals surface area contributed by atoms with Gasteiger partial charge in [0.25, 0.3) is 0 Å². The first kappa shape index (κ1) is 16.4. The molecule has 8 heteroatoms. The van der Waals surface area contributed by atoms with Gasteiger partial charge in [0, 0.05) is 11.3 Å². The van der Waals surface area contributed by atoms with Crippen LogP contribution in [-0.4, -0.2) is 20.4 Å². The van der Waals surface area contributed by atoms with Crippen LogP contribution in [0.1, 0.15) is 19.4 Å². The van der Waals surface area contributed by atoms with Gasteiger partial charge in [-0.15, -0.1) is 0 Å². The van der Waals surface area contributed by atoms with Crippen molar-refractivity contribution in [3.8, 4) is 0 Å². The molecule has 20 heavy (non-hydrogen) atoms. The summed E-state index contributed by atoms with van der Waals surface area (Å²) in [4.78, 5) is 11.0. The summed E-state index contributed by atoms with van der Waals surface area (Å²) in [7, 11) is -4.10. The van der Waals surface area contributed by atoms with Crippen LogP contribution in [0.4, 0.5) is 10.1 Å². The molecule has 0 aromatic heterocycles. The number of carbonyl (C=O) groups is 1. The van der Waals surface area contributed by atoms with Gasteiger partial charge in [-0.1, -0.05) is 13.8 Å². The molecule has 0 saturated heterocycles. The Morgan fingerprint density at radius 2 is 1.90 bits per heavy atom. The van der Waals surface area contributed by atoms with Gasteiger partial charge in [0.2, 0.25) is 15.9 Å². The fourth-order valence-corrected chi connectivity index (χ4v) is 3.35. The number of halogens is 1. The Morgan fingerprint density at radius 1 is 1.35 bits per heavy atom. The number of carbonyl (C=O) groups excluding carboxylic acids is 1. The Kier molecular flexibility index (Phi) is 4.72. The van der Waals surface area contributed by atoms with Crippen molar-refractivity contribution in [1.82, 2.24) is 4.72 Å². The van der Waals surface area contributed by atoms with Crippen LogP contribution in [-0.2, 0) is 14.8 Å². The van der Waals surface area contributed by atoms with E-state index in [-0.39, 0.29) is 22.1 Å². The molecule has 1 aromatic rings. The average molecular weight is 303 g/mol. The normalized spacial score (nSPS) is 13.4. The standard InChI is InChI=1S/C12H18FN3O3S/c1-6(2)11(12(15)17)16-20(18,19)10-5-8(14)4-9(13)7(10)3/h4-6,11,16H,14H2,1-3H3,(H2,15,17). The zero-order valence-electron chi connectivity index (χ0n) is 11.5. The molecule has 1 amide bonds. The van der Waals surface area contributed by atoms with Crippen molar-refractivity contribution in [3.05, 3.63) is 23.5 Å². The maximum absolute atomic E-state index is 13.6. The SMILES string of the molecule is Cc1c(F)cc(N)cc1S(=O)(=O)NC(C(N)=O)C(C)C. The minimum atomic E-state index is -4.10. The first-order chi connectivity index (χ1) is 9.06. The lowest BCUT2D eigenvalue weighted by Crippen LogP contribution is -2.47. The van der Waals surface area contributed by atoms with E-state index in [9.17, 15) is 17.6 Å². The van der Waals surface area contributed by atoms with E-state index in [1.54, 1.807) is 13.8 Å². The summed E-state index contributed by atoms with van der Waals surface area (Å²) < 4.78 is 40.2. The topological polar surface area (TPSA) is 115 Å². The molecule has 6 nitrogen and oxygen atoms in total. The van der Waals surface area contributed by atoms with Crippen molar-refractivity contribution >= 4 is 21.6 Å². The van der Waals surface area contributed by atoms with Crippen LogP contribution >= 0.6 is 0 Å². The zero-order valence-corrected chi connectivity index (χ0v) is 12.3. The molecule has 1 aromatic carbocycles. The molecule has 0 radical (unpaired) electrons. The maximum atomic E-state index is 13.6. The fourth-order valence-electron chi connectivity index (χ4n) is 1.71. The average Bonchev–Trinajstić information content (AvgIpc) is 2.30. The third-order valence-electron chi connectivity index (χ3n) is 2.86. The van der Waals surface area contributed by atoms with Crippen molar-refractivity contribution in [2.75, 3.05) is 5.73 Å². The van der Waals surface area contributed by atoms with E-state index < -0.39 is 27.8 Å². The van der Waals surface area contributed by atoms with Crippen LogP contribution in [0.3, 0.4) is 0 Å². The summed E-state index contributed by atoms with van der Waals surface area (Å²) in [6, 6.07) is 1.09. The Bertz CT molecular complexity index is 629. The number of benzene rings is 1. The lowest BCUT2D eigenvalue weighted by molar-refractivity contribution is -0.120. The molecular weight excluding hydrogens is 285 g/mol. The lowest BCUT2D eigenvalue weighted by atomic mass is 10.1. The van der Waals surface area contributed by atoms with Crippen molar-refractivity contribution < 1.29 is 17.6 Å². The highest BCUT2D eigenvalue weighted by Crippen LogP contribution is 2.22. The van der Waals surface area contributed by atoms with Gasteiger partial charge in [-0.25, -0.2) is 12.8 Å². The van der Waals surface area contributed by atoms with E-state index in [0.29, 0.717) is 0 Å². The third-order valence-corrected chi connectivity index (χ3v) is 4.43. The molecule has 0 fully saturated rings. The van der Waals surface area contributed by atoms with E-state index in [4.69, 9.17) is 11.5 Å². The predicted octanol–water partition coefficient (Wildman–Crippen LogP) is 0.505. The van der Waals surface area contributed by atoms with Gasteiger partial charge in [-0.3, -0.25) is 4.79 Å². The number of primary amides is 1. The highest BCUT2D eigenvalue weighted by atomic mass is 32.2. The maximum Gasteiger partial charge on any atom is 0.241 e. The number of rotatable bonds is 5. The molecule has 0 spiro atoms. The first-order valence-corrected chi connectivity index (χ1v) is 7.42. The van der Waals surface area contributed by atoms with Gasteiger partial charge in [0.05, 0.1) is 4.90 Å². The molecular formula is C12H18FN3O3S. The number of nitrogen functional groups attached to an aromatic ring is 1. The Hall–Kier alpha value is -1.67.